The average molecular weight is 223 g/mol. The number of nitrogens with one attached hydrogen (secondary N) is 1. The molecule has 1 heterocycles. The molecule has 5 nitrogen and oxygen atoms in total. The summed E-state index contributed by atoms with van der Waals surface area (Å²) >= 11 is 0. The lowest BCUT2D eigenvalue weighted by atomic mass is 9.92. The molecule has 0 aliphatic rings. The molecule has 2 N–H and O–H groups in total. The molecule has 0 spiro atoms. The molecule has 0 aromatic carbocycles. The summed E-state index contributed by atoms with van der Waals surface area (Å²) in [6, 6.07) is 1.37. The summed E-state index contributed by atoms with van der Waals surface area (Å²) in [5.74, 6) is -0.676. The van der Waals surface area contributed by atoms with Gasteiger partial charge in [0.05, 0.1) is 0 Å². The fraction of sp³-hybridized carbons (Fsp3) is 0.545. The molecule has 0 amide bonds. The minimum Gasteiger partial charge on any atom is -0.477 e. The first kappa shape index (κ1) is 12.4. The summed E-state index contributed by atoms with van der Waals surface area (Å²) in [5.41, 5.74) is 0.241. The van der Waals surface area contributed by atoms with Crippen molar-refractivity contribution < 1.29 is 9.90 Å². The Morgan fingerprint density at radius 2 is 2.19 bits per heavy atom. The zero-order valence-corrected chi connectivity index (χ0v) is 9.82. The maximum Gasteiger partial charge on any atom is 0.354 e. The van der Waals surface area contributed by atoms with E-state index in [0.29, 0.717) is 5.95 Å². The van der Waals surface area contributed by atoms with Crippen LogP contribution in [0.5, 0.6) is 0 Å². The van der Waals surface area contributed by atoms with E-state index in [4.69, 9.17) is 5.11 Å². The van der Waals surface area contributed by atoms with E-state index in [0.717, 1.165) is 13.0 Å². The van der Waals surface area contributed by atoms with Gasteiger partial charge in [0.1, 0.15) is 0 Å². The van der Waals surface area contributed by atoms with Crippen molar-refractivity contribution in [2.24, 2.45) is 5.41 Å². The van der Waals surface area contributed by atoms with Gasteiger partial charge in [-0.25, -0.2) is 14.8 Å². The lowest BCUT2D eigenvalue weighted by molar-refractivity contribution is 0.0690. The van der Waals surface area contributed by atoms with Gasteiger partial charge < -0.3 is 10.4 Å². The Morgan fingerprint density at radius 1 is 1.50 bits per heavy atom. The number of rotatable bonds is 4. The van der Waals surface area contributed by atoms with Gasteiger partial charge in [0.2, 0.25) is 5.95 Å². The van der Waals surface area contributed by atoms with Crippen LogP contribution in [0, 0.1) is 5.41 Å². The number of carboxylic acid groups (broad SMARTS) is 1. The van der Waals surface area contributed by atoms with Crippen LogP contribution >= 0.6 is 0 Å². The first-order valence-electron chi connectivity index (χ1n) is 5.19. The highest BCUT2D eigenvalue weighted by molar-refractivity contribution is 5.85. The van der Waals surface area contributed by atoms with Gasteiger partial charge in [-0.2, -0.15) is 0 Å². The molecule has 16 heavy (non-hydrogen) atoms. The lowest BCUT2D eigenvalue weighted by Crippen LogP contribution is -2.15. The Balaban J connectivity index is 2.55. The van der Waals surface area contributed by atoms with E-state index in [-0.39, 0.29) is 11.1 Å². The second kappa shape index (κ2) is 4.92. The predicted molar refractivity (Wildman–Crippen MR) is 61.6 cm³/mol. The fourth-order valence-corrected chi connectivity index (χ4v) is 1.11. The molecule has 0 bridgehead atoms. The van der Waals surface area contributed by atoms with Crippen molar-refractivity contribution in [3.05, 3.63) is 18.0 Å². The van der Waals surface area contributed by atoms with Crippen LogP contribution in [0.25, 0.3) is 0 Å². The van der Waals surface area contributed by atoms with Crippen molar-refractivity contribution in [1.82, 2.24) is 9.97 Å². The Hall–Kier alpha value is -1.65. The lowest BCUT2D eigenvalue weighted by Gasteiger charge is -2.17. The molecule has 0 saturated heterocycles. The van der Waals surface area contributed by atoms with Crippen LogP contribution in [0.15, 0.2) is 12.3 Å². The largest absolute Gasteiger partial charge is 0.477 e. The van der Waals surface area contributed by atoms with Crippen LogP contribution in [0.1, 0.15) is 37.7 Å². The van der Waals surface area contributed by atoms with Gasteiger partial charge in [0.25, 0.3) is 0 Å². The van der Waals surface area contributed by atoms with Crippen LogP contribution in [0.4, 0.5) is 5.95 Å². The maximum absolute atomic E-state index is 10.7. The van der Waals surface area contributed by atoms with Crippen molar-refractivity contribution in [3.63, 3.8) is 0 Å². The van der Waals surface area contributed by atoms with Crippen molar-refractivity contribution in [3.8, 4) is 0 Å². The first-order valence-corrected chi connectivity index (χ1v) is 5.19. The normalized spacial score (nSPS) is 11.2. The second-order valence-electron chi connectivity index (χ2n) is 4.81. The quantitative estimate of drug-likeness (QED) is 0.816. The van der Waals surface area contributed by atoms with Gasteiger partial charge in [-0.1, -0.05) is 20.8 Å². The van der Waals surface area contributed by atoms with Crippen LogP contribution in [-0.2, 0) is 0 Å². The van der Waals surface area contributed by atoms with Crippen molar-refractivity contribution in [2.75, 3.05) is 11.9 Å². The third-order valence-electron chi connectivity index (χ3n) is 2.03. The standard InChI is InChI=1S/C11H17N3O2/c1-11(2,3)5-7-13-10-12-6-4-8(14-10)9(15)16/h4,6H,5,7H2,1-3H3,(H,15,16)(H,12,13,14). The van der Waals surface area contributed by atoms with E-state index >= 15 is 0 Å². The third-order valence-corrected chi connectivity index (χ3v) is 2.03. The minimum absolute atomic E-state index is 0.00765. The molecule has 0 atom stereocenters. The highest BCUT2D eigenvalue weighted by atomic mass is 16.4. The monoisotopic (exact) mass is 223 g/mol. The summed E-state index contributed by atoms with van der Waals surface area (Å²) in [6.45, 7) is 7.15. The first-order chi connectivity index (χ1) is 7.38. The van der Waals surface area contributed by atoms with Crippen molar-refractivity contribution >= 4 is 11.9 Å². The van der Waals surface area contributed by atoms with E-state index < -0.39 is 5.97 Å². The molecule has 0 radical (unpaired) electrons. The molecule has 1 aromatic heterocycles. The van der Waals surface area contributed by atoms with Crippen molar-refractivity contribution in [2.45, 2.75) is 27.2 Å². The van der Waals surface area contributed by atoms with E-state index in [1.807, 2.05) is 0 Å². The Morgan fingerprint density at radius 3 is 2.75 bits per heavy atom. The fourth-order valence-electron chi connectivity index (χ4n) is 1.11. The number of nitrogens with zero attached hydrogens (tertiary/aromatic N) is 2. The van der Waals surface area contributed by atoms with Gasteiger partial charge >= 0.3 is 5.97 Å². The molecule has 88 valence electrons. The van der Waals surface area contributed by atoms with Crippen LogP contribution in [0.3, 0.4) is 0 Å². The SMILES string of the molecule is CC(C)(C)CCNc1nccc(C(=O)O)n1. The average Bonchev–Trinajstić information content (AvgIpc) is 2.16. The summed E-state index contributed by atoms with van der Waals surface area (Å²) < 4.78 is 0. The summed E-state index contributed by atoms with van der Waals surface area (Å²) in [6.07, 6.45) is 2.41. The molecule has 1 aromatic rings. The Labute approximate surface area is 94.9 Å². The Kier molecular flexibility index (Phi) is 3.82. The van der Waals surface area contributed by atoms with Gasteiger partial charge in [-0.15, -0.1) is 0 Å². The highest BCUT2D eigenvalue weighted by Gasteiger charge is 2.10. The zero-order chi connectivity index (χ0) is 12.2. The van der Waals surface area contributed by atoms with Crippen LogP contribution in [-0.4, -0.2) is 27.6 Å². The second-order valence-corrected chi connectivity index (χ2v) is 4.81. The number of anilines is 1. The summed E-state index contributed by atoms with van der Waals surface area (Å²) in [5, 5.41) is 11.8. The molecule has 0 unspecified atom stereocenters. The number of hydrogen-bond donors (Lipinski definition) is 2. The van der Waals surface area contributed by atoms with Gasteiger partial charge in [0, 0.05) is 12.7 Å². The smallest absolute Gasteiger partial charge is 0.354 e. The van der Waals surface area contributed by atoms with Crippen LogP contribution < -0.4 is 5.32 Å². The third kappa shape index (κ3) is 4.25. The molecule has 0 aliphatic heterocycles. The van der Waals surface area contributed by atoms with Gasteiger partial charge in [-0.05, 0) is 17.9 Å². The predicted octanol–water partition coefficient (Wildman–Crippen LogP) is 2.02. The van der Waals surface area contributed by atoms with E-state index in [2.05, 4.69) is 36.1 Å². The van der Waals surface area contributed by atoms with E-state index in [9.17, 15) is 4.79 Å². The maximum atomic E-state index is 10.7. The number of carbonyl (C=O) groups is 1. The van der Waals surface area contributed by atoms with Crippen LogP contribution in [0.2, 0.25) is 0 Å². The molecular formula is C11H17N3O2. The zero-order valence-electron chi connectivity index (χ0n) is 9.82. The van der Waals surface area contributed by atoms with Gasteiger partial charge in [-0.3, -0.25) is 0 Å². The molecule has 0 fully saturated rings. The molecule has 0 aliphatic carbocycles. The minimum atomic E-state index is -1.04. The molecule has 5 heteroatoms. The number of aromatic nitrogens is 2. The Bertz CT molecular complexity index is 372. The molecular weight excluding hydrogens is 206 g/mol. The molecule has 0 saturated carbocycles. The van der Waals surface area contributed by atoms with Gasteiger partial charge in [0.15, 0.2) is 5.69 Å². The van der Waals surface area contributed by atoms with Crippen molar-refractivity contribution in [1.29, 1.82) is 0 Å². The summed E-state index contributed by atoms with van der Waals surface area (Å²) in [7, 11) is 0. The van der Waals surface area contributed by atoms with E-state index in [1.54, 1.807) is 0 Å². The number of aromatic carboxylic acids is 1. The number of hydrogen-bond acceptors (Lipinski definition) is 4. The summed E-state index contributed by atoms with van der Waals surface area (Å²) in [4.78, 5) is 18.5. The topological polar surface area (TPSA) is 75.1 Å². The molecule has 1 rings (SSSR count). The number of carboxylic acids is 1. The van der Waals surface area contributed by atoms with E-state index in [1.165, 1.54) is 12.3 Å². The highest BCUT2D eigenvalue weighted by Crippen LogP contribution is 2.17.